The van der Waals surface area contributed by atoms with Crippen LogP contribution in [0.4, 0.5) is 5.69 Å². The zero-order chi connectivity index (χ0) is 20.3. The minimum Gasteiger partial charge on any atom is -0.493 e. The summed E-state index contributed by atoms with van der Waals surface area (Å²) in [5, 5.41) is 14.0. The van der Waals surface area contributed by atoms with Gasteiger partial charge in [-0.15, -0.1) is 0 Å². The van der Waals surface area contributed by atoms with Gasteiger partial charge in [-0.3, -0.25) is 4.98 Å². The van der Waals surface area contributed by atoms with Gasteiger partial charge in [-0.25, -0.2) is 0 Å². The molecule has 1 unspecified atom stereocenters. The fourth-order valence-corrected chi connectivity index (χ4v) is 3.68. The molecule has 148 valence electrons. The summed E-state index contributed by atoms with van der Waals surface area (Å²) in [4.78, 5) is 12.3. The van der Waals surface area contributed by atoms with Crippen molar-refractivity contribution in [3.8, 4) is 17.6 Å². The number of nitrogens with zero attached hydrogens (tertiary/aromatic N) is 3. The van der Waals surface area contributed by atoms with Crippen molar-refractivity contribution in [3.63, 3.8) is 0 Å². The number of aromatic nitrogens is 3. The quantitative estimate of drug-likeness (QED) is 0.470. The number of nitrogens with one attached hydrogen (secondary N) is 1. The van der Waals surface area contributed by atoms with E-state index in [9.17, 15) is 5.11 Å². The maximum absolute atomic E-state index is 10.0. The number of hydrogen-bond acceptors (Lipinski definition) is 6. The van der Waals surface area contributed by atoms with E-state index in [1.165, 1.54) is 11.1 Å². The fourth-order valence-electron chi connectivity index (χ4n) is 3.68. The predicted molar refractivity (Wildman–Crippen MR) is 117 cm³/mol. The Balaban J connectivity index is 1.20. The normalized spacial score (nSPS) is 14.6. The number of rotatable bonds is 6. The van der Waals surface area contributed by atoms with Crippen molar-refractivity contribution in [2.75, 3.05) is 11.9 Å². The first-order chi connectivity index (χ1) is 14.8. The van der Waals surface area contributed by atoms with Crippen LogP contribution in [0.1, 0.15) is 23.5 Å². The monoisotopic (exact) mass is 396 g/mol. The number of pyridine rings is 1. The smallest absolute Gasteiger partial charge is 0.325 e. The Morgan fingerprint density at radius 2 is 1.87 bits per heavy atom. The van der Waals surface area contributed by atoms with E-state index >= 15 is 0 Å². The Labute approximate surface area is 173 Å². The standard InChI is InChI=1S/C24H20N4O2/c29-23-21-12-13-25-15-22(21)27-24(28-23)30-19-9-7-18(8-10-19)26-14-11-17-6-5-16-3-1-2-4-20(16)17/h1-10,12-13,15,17,26H,11,14H2,(H,27,28,29). The van der Waals surface area contributed by atoms with Gasteiger partial charge in [-0.05, 0) is 47.9 Å². The lowest BCUT2D eigenvalue weighted by Crippen LogP contribution is -2.05. The van der Waals surface area contributed by atoms with Crippen LogP contribution in [0.25, 0.3) is 17.0 Å². The van der Waals surface area contributed by atoms with Crippen molar-refractivity contribution >= 4 is 22.7 Å². The van der Waals surface area contributed by atoms with Gasteiger partial charge in [0.25, 0.3) is 0 Å². The Bertz CT molecular complexity index is 1220. The highest BCUT2D eigenvalue weighted by molar-refractivity contribution is 5.82. The predicted octanol–water partition coefficient (Wildman–Crippen LogP) is 5.14. The second-order valence-corrected chi connectivity index (χ2v) is 7.16. The maximum Gasteiger partial charge on any atom is 0.325 e. The first-order valence-corrected chi connectivity index (χ1v) is 9.86. The summed E-state index contributed by atoms with van der Waals surface area (Å²) in [6.45, 7) is 0.873. The molecular weight excluding hydrogens is 376 g/mol. The van der Waals surface area contributed by atoms with Gasteiger partial charge in [0.05, 0.1) is 17.1 Å². The van der Waals surface area contributed by atoms with Crippen molar-refractivity contribution in [1.29, 1.82) is 0 Å². The molecule has 1 aliphatic carbocycles. The molecule has 30 heavy (non-hydrogen) atoms. The Morgan fingerprint density at radius 3 is 2.77 bits per heavy atom. The molecule has 0 fully saturated rings. The van der Waals surface area contributed by atoms with Crippen LogP contribution in [0.5, 0.6) is 17.6 Å². The first kappa shape index (κ1) is 18.1. The van der Waals surface area contributed by atoms with Crippen LogP contribution in [0, 0.1) is 0 Å². The summed E-state index contributed by atoms with van der Waals surface area (Å²) in [7, 11) is 0. The summed E-state index contributed by atoms with van der Waals surface area (Å²) < 4.78 is 5.70. The van der Waals surface area contributed by atoms with Gasteiger partial charge in [0.1, 0.15) is 5.75 Å². The number of anilines is 1. The molecule has 2 aromatic carbocycles. The van der Waals surface area contributed by atoms with Gasteiger partial charge in [-0.1, -0.05) is 36.4 Å². The van der Waals surface area contributed by atoms with Gasteiger partial charge in [0.2, 0.25) is 5.88 Å². The number of benzene rings is 2. The second-order valence-electron chi connectivity index (χ2n) is 7.16. The van der Waals surface area contributed by atoms with Crippen LogP contribution < -0.4 is 10.1 Å². The molecule has 2 heterocycles. The minimum atomic E-state index is -0.127. The zero-order valence-corrected chi connectivity index (χ0v) is 16.2. The highest BCUT2D eigenvalue weighted by Crippen LogP contribution is 2.32. The van der Waals surface area contributed by atoms with E-state index in [2.05, 4.69) is 56.7 Å². The molecule has 2 N–H and O–H groups in total. The number of allylic oxidation sites excluding steroid dienone is 1. The van der Waals surface area contributed by atoms with E-state index in [1.807, 2.05) is 24.3 Å². The van der Waals surface area contributed by atoms with Gasteiger partial charge in [-0.2, -0.15) is 9.97 Å². The Morgan fingerprint density at radius 1 is 1.00 bits per heavy atom. The van der Waals surface area contributed by atoms with Gasteiger partial charge < -0.3 is 15.2 Å². The molecule has 5 rings (SSSR count). The highest BCUT2D eigenvalue weighted by atomic mass is 16.5. The molecule has 0 bridgehead atoms. The number of fused-ring (bicyclic) bond motifs is 2. The lowest BCUT2D eigenvalue weighted by atomic mass is 9.98. The maximum atomic E-state index is 10.0. The molecule has 1 aliphatic rings. The third-order valence-electron chi connectivity index (χ3n) is 5.21. The summed E-state index contributed by atoms with van der Waals surface area (Å²) >= 11 is 0. The lowest BCUT2D eigenvalue weighted by Gasteiger charge is -2.13. The van der Waals surface area contributed by atoms with Crippen LogP contribution in [0.2, 0.25) is 0 Å². The van der Waals surface area contributed by atoms with E-state index in [0.717, 1.165) is 18.7 Å². The van der Waals surface area contributed by atoms with Crippen LogP contribution in [-0.2, 0) is 0 Å². The molecule has 2 aromatic heterocycles. The molecule has 0 amide bonds. The van der Waals surface area contributed by atoms with E-state index in [4.69, 9.17) is 4.74 Å². The van der Waals surface area contributed by atoms with Crippen molar-refractivity contribution in [2.45, 2.75) is 12.3 Å². The minimum absolute atomic E-state index is 0.0837. The number of hydrogen-bond donors (Lipinski definition) is 2. The molecule has 4 aromatic rings. The highest BCUT2D eigenvalue weighted by Gasteiger charge is 2.15. The van der Waals surface area contributed by atoms with Gasteiger partial charge in [0, 0.05) is 24.3 Å². The van der Waals surface area contributed by atoms with Crippen LogP contribution in [0.15, 0.2) is 73.1 Å². The van der Waals surface area contributed by atoms with Gasteiger partial charge in [0.15, 0.2) is 0 Å². The molecule has 0 radical (unpaired) electrons. The van der Waals surface area contributed by atoms with E-state index in [-0.39, 0.29) is 11.9 Å². The second kappa shape index (κ2) is 7.83. The van der Waals surface area contributed by atoms with Crippen molar-refractivity contribution in [1.82, 2.24) is 15.0 Å². The summed E-state index contributed by atoms with van der Waals surface area (Å²) in [6.07, 6.45) is 8.66. The average Bonchev–Trinajstić information content (AvgIpc) is 3.18. The summed E-state index contributed by atoms with van der Waals surface area (Å²) in [6, 6.07) is 17.9. The van der Waals surface area contributed by atoms with Gasteiger partial charge >= 0.3 is 6.01 Å². The van der Waals surface area contributed by atoms with Crippen LogP contribution >= 0.6 is 0 Å². The molecule has 6 nitrogen and oxygen atoms in total. The third kappa shape index (κ3) is 3.67. The van der Waals surface area contributed by atoms with Crippen LogP contribution in [0.3, 0.4) is 0 Å². The van der Waals surface area contributed by atoms with E-state index < -0.39 is 0 Å². The first-order valence-electron chi connectivity index (χ1n) is 9.86. The SMILES string of the molecule is Oc1nc(Oc2ccc(NCCC3C=Cc4ccccc43)cc2)nc2cnccc12. The Hall–Kier alpha value is -3.93. The number of ether oxygens (including phenoxy) is 1. The van der Waals surface area contributed by atoms with E-state index in [1.54, 1.807) is 18.5 Å². The largest absolute Gasteiger partial charge is 0.493 e. The van der Waals surface area contributed by atoms with Crippen molar-refractivity contribution in [2.24, 2.45) is 0 Å². The molecule has 0 saturated heterocycles. The molecule has 0 aliphatic heterocycles. The zero-order valence-electron chi connectivity index (χ0n) is 16.2. The lowest BCUT2D eigenvalue weighted by molar-refractivity contribution is 0.412. The molecular formula is C24H20N4O2. The molecule has 1 atom stereocenters. The molecule has 0 spiro atoms. The third-order valence-corrected chi connectivity index (χ3v) is 5.21. The topological polar surface area (TPSA) is 80.2 Å². The fraction of sp³-hybridized carbons (Fsp3) is 0.125. The Kier molecular flexibility index (Phi) is 4.73. The van der Waals surface area contributed by atoms with Crippen molar-refractivity contribution < 1.29 is 9.84 Å². The molecule has 6 heteroatoms. The van der Waals surface area contributed by atoms with Crippen molar-refractivity contribution in [3.05, 3.63) is 84.2 Å². The molecule has 0 saturated carbocycles. The summed E-state index contributed by atoms with van der Waals surface area (Å²) in [5.41, 5.74) is 4.27. The van der Waals surface area contributed by atoms with E-state index in [0.29, 0.717) is 22.6 Å². The van der Waals surface area contributed by atoms with Crippen LogP contribution in [-0.4, -0.2) is 26.6 Å². The number of aromatic hydroxyl groups is 1. The summed E-state index contributed by atoms with van der Waals surface area (Å²) in [5.74, 6) is 0.928. The average molecular weight is 396 g/mol.